The van der Waals surface area contributed by atoms with Crippen molar-refractivity contribution in [3.63, 3.8) is 0 Å². The van der Waals surface area contributed by atoms with Gasteiger partial charge in [-0.3, -0.25) is 9.59 Å². The first-order valence-electron chi connectivity index (χ1n) is 24.0. The number of alkyl halides is 3. The highest BCUT2D eigenvalue weighted by Gasteiger charge is 2.62. The van der Waals surface area contributed by atoms with Crippen molar-refractivity contribution in [3.8, 4) is 0 Å². The quantitative estimate of drug-likeness (QED) is 0.0475. The van der Waals surface area contributed by atoms with Crippen LogP contribution in [-0.2, 0) is 61.8 Å². The van der Waals surface area contributed by atoms with Gasteiger partial charge in [0, 0.05) is 34.9 Å². The number of carbonyl (C=O) groups excluding carboxylic acids is 2. The fourth-order valence-electron chi connectivity index (χ4n) is 9.18. The molecule has 2 amide bonds. The van der Waals surface area contributed by atoms with Crippen LogP contribution in [0.15, 0.2) is 0 Å². The van der Waals surface area contributed by atoms with Gasteiger partial charge >= 0.3 is 12.1 Å². The first kappa shape index (κ1) is 64.3. The first-order valence-corrected chi connectivity index (χ1v) is 27.7. The van der Waals surface area contributed by atoms with Gasteiger partial charge in [-0.05, 0) is 6.04 Å². The van der Waals surface area contributed by atoms with E-state index in [4.69, 9.17) is 47.4 Å². The van der Waals surface area contributed by atoms with Crippen molar-refractivity contribution in [2.75, 3.05) is 33.0 Å². The number of aliphatic hydroxyl groups excluding tert-OH is 14. The minimum absolute atomic E-state index is 0.0104. The molecule has 0 aromatic heterocycles. The molecule has 5 aliphatic rings. The molecule has 26 atom stereocenters. The Kier molecular flexibility index (Phi) is 22.3. The minimum Gasteiger partial charge on any atom is -0.477 e. The topological polar surface area (TPSA) is 471 Å². The van der Waals surface area contributed by atoms with E-state index in [1.807, 2.05) is 19.6 Å². The van der Waals surface area contributed by atoms with E-state index in [1.54, 1.807) is 0 Å². The molecule has 34 heteroatoms. The van der Waals surface area contributed by atoms with Crippen LogP contribution in [-0.4, -0.2) is 301 Å². The Bertz CT molecular complexity index is 1900. The van der Waals surface area contributed by atoms with Crippen LogP contribution in [0.3, 0.4) is 0 Å². The van der Waals surface area contributed by atoms with Crippen molar-refractivity contribution < 1.29 is 152 Å². The van der Waals surface area contributed by atoms with Gasteiger partial charge in [0.1, 0.15) is 110 Å². The summed E-state index contributed by atoms with van der Waals surface area (Å²) in [5.41, 5.74) is 0. The van der Waals surface area contributed by atoms with Gasteiger partial charge in [-0.1, -0.05) is 19.6 Å². The molecule has 76 heavy (non-hydrogen) atoms. The molecule has 442 valence electrons. The van der Waals surface area contributed by atoms with E-state index in [0.29, 0.717) is 6.04 Å². The highest BCUT2D eigenvalue weighted by Crippen LogP contribution is 2.41. The SMILES string of the molecule is CC(=O)N[C@@H]1[C@@H](O)C[C@](O[C@H]2[C@@H](O)[C@@H](CO)O[C@@H](O[C@H]3[C@H](O[C@@H]4O[C@@H](C(F)(F)F)[C@@H](O)[C@@H](O)[C@@H]4O)[C@@H](NC(C)=O)[C@H](O[C@H]4[C@@H](O)[C@@H](CO)O[C@@H](OCC[Si](C)(C)C)[C@@H]4O)O[C@@H]3CO)[C@@H]2O)(C(=O)O)O[C@H]1C(O)C(O)CO. The van der Waals surface area contributed by atoms with Crippen LogP contribution < -0.4 is 10.6 Å². The molecule has 0 bridgehead atoms. The summed E-state index contributed by atoms with van der Waals surface area (Å²) >= 11 is 0. The van der Waals surface area contributed by atoms with Crippen LogP contribution in [0.4, 0.5) is 13.2 Å². The Morgan fingerprint density at radius 1 is 0.645 bits per heavy atom. The normalized spacial score (nSPS) is 43.4. The molecule has 2 unspecified atom stereocenters. The molecule has 0 saturated carbocycles. The Labute approximate surface area is 431 Å². The third-order valence-corrected chi connectivity index (χ3v) is 15.0. The molecule has 0 spiro atoms. The number of hydrogen-bond acceptors (Lipinski definition) is 27. The number of halogens is 3. The second-order valence-electron chi connectivity index (χ2n) is 20.2. The van der Waals surface area contributed by atoms with E-state index in [9.17, 15) is 104 Å². The molecular weight excluding hydrogens is 1070 g/mol. The zero-order chi connectivity index (χ0) is 57.1. The number of aliphatic hydroxyl groups is 14. The third kappa shape index (κ3) is 14.7. The first-order chi connectivity index (χ1) is 35.3. The maximum absolute atomic E-state index is 14.3. The third-order valence-electron chi connectivity index (χ3n) is 13.3. The number of rotatable bonds is 21. The second kappa shape index (κ2) is 26.4. The number of amides is 2. The lowest BCUT2D eigenvalue weighted by Crippen LogP contribution is -2.72. The summed E-state index contributed by atoms with van der Waals surface area (Å²) in [7, 11) is -1.78. The van der Waals surface area contributed by atoms with E-state index in [-0.39, 0.29) is 6.61 Å². The van der Waals surface area contributed by atoms with Crippen LogP contribution in [0.25, 0.3) is 0 Å². The lowest BCUT2D eigenvalue weighted by Gasteiger charge is -2.52. The predicted molar refractivity (Wildman–Crippen MR) is 238 cm³/mol. The van der Waals surface area contributed by atoms with Crippen molar-refractivity contribution in [1.29, 1.82) is 0 Å². The van der Waals surface area contributed by atoms with Crippen molar-refractivity contribution >= 4 is 25.9 Å². The smallest absolute Gasteiger partial charge is 0.417 e. The van der Waals surface area contributed by atoms with Gasteiger partial charge in [0.25, 0.3) is 5.79 Å². The molecular formula is C42H71F3N2O28Si. The summed E-state index contributed by atoms with van der Waals surface area (Å²) in [6.07, 6.45) is -58.9. The Morgan fingerprint density at radius 2 is 1.14 bits per heavy atom. The van der Waals surface area contributed by atoms with Crippen LogP contribution in [0.2, 0.25) is 25.7 Å². The van der Waals surface area contributed by atoms with Gasteiger partial charge in [-0.25, -0.2) is 4.79 Å². The number of carbonyl (C=O) groups is 3. The number of aliphatic carboxylic acids is 1. The predicted octanol–water partition coefficient (Wildman–Crippen LogP) is -8.50. The van der Waals surface area contributed by atoms with Crippen molar-refractivity contribution in [3.05, 3.63) is 0 Å². The molecule has 17 N–H and O–H groups in total. The fourth-order valence-corrected chi connectivity index (χ4v) is 9.91. The van der Waals surface area contributed by atoms with Gasteiger partial charge in [0.2, 0.25) is 11.8 Å². The van der Waals surface area contributed by atoms with Gasteiger partial charge in [0.05, 0.1) is 38.6 Å². The number of nitrogens with one attached hydrogen (secondary N) is 2. The summed E-state index contributed by atoms with van der Waals surface area (Å²) in [6.45, 7) is 3.31. The van der Waals surface area contributed by atoms with Crippen molar-refractivity contribution in [2.24, 2.45) is 0 Å². The van der Waals surface area contributed by atoms with Crippen LogP contribution in [0.1, 0.15) is 20.3 Å². The number of carboxylic acids is 1. The van der Waals surface area contributed by atoms with Crippen molar-refractivity contribution in [1.82, 2.24) is 10.6 Å². The monoisotopic (exact) mass is 1140 g/mol. The molecule has 5 rings (SSSR count). The average Bonchev–Trinajstić information content (AvgIpc) is 3.33. The second-order valence-corrected chi connectivity index (χ2v) is 25.9. The summed E-state index contributed by atoms with van der Waals surface area (Å²) in [5, 5.41) is 167. The van der Waals surface area contributed by atoms with E-state index < -0.39 is 224 Å². The highest BCUT2D eigenvalue weighted by molar-refractivity contribution is 6.76. The largest absolute Gasteiger partial charge is 0.477 e. The van der Waals surface area contributed by atoms with Crippen LogP contribution >= 0.6 is 0 Å². The molecule has 0 aromatic carbocycles. The standard InChI is InChI=1S/C42H71F3N2O28Si/c1-13(52)46-20-15(54)8-41(40(64)65,74-31(20)22(56)16(55)9-48)75-34-24(58)18(11-50)68-39(29(34)63)70-30-19(12-51)69-36(72-33-23(57)17(10-49)67-37(28(33)62)66-6-7-76(3,4)5)21(47-14(2)53)32(30)71-38-27(61)25(59)26(60)35(73-38)42(43,44)45/h15-39,48-51,54-63H,6-12H2,1-5H3,(H,46,52)(H,47,53)(H,64,65)/t15-,16?,17+,18+,19+,20+,21+,22?,23-,24-,25+,26-,27-,28+,29+,30+,31+,32+,33-,34-,35+,36-,37+,38+,39-,41-/m0/s1. The van der Waals surface area contributed by atoms with Gasteiger partial charge in [0.15, 0.2) is 31.3 Å². The summed E-state index contributed by atoms with van der Waals surface area (Å²) in [6, 6.07) is -3.26. The molecule has 5 saturated heterocycles. The van der Waals surface area contributed by atoms with Gasteiger partial charge < -0.3 is 135 Å². The van der Waals surface area contributed by atoms with E-state index in [0.717, 1.165) is 13.8 Å². The average molecular weight is 1140 g/mol. The van der Waals surface area contributed by atoms with E-state index in [1.165, 1.54) is 0 Å². The number of ether oxygens (including phenoxy) is 10. The van der Waals surface area contributed by atoms with E-state index >= 15 is 0 Å². The van der Waals surface area contributed by atoms with Gasteiger partial charge in [-0.15, -0.1) is 0 Å². The number of carboxylic acid groups (broad SMARTS) is 1. The maximum Gasteiger partial charge on any atom is 0.417 e. The lowest BCUT2D eigenvalue weighted by atomic mass is 9.88. The summed E-state index contributed by atoms with van der Waals surface area (Å²) in [4.78, 5) is 38.3. The molecule has 5 aliphatic heterocycles. The van der Waals surface area contributed by atoms with Crippen LogP contribution in [0.5, 0.6) is 0 Å². The molecule has 0 aromatic rings. The molecule has 0 aliphatic carbocycles. The van der Waals surface area contributed by atoms with Crippen molar-refractivity contribution in [2.45, 2.75) is 211 Å². The maximum atomic E-state index is 14.3. The molecule has 0 radical (unpaired) electrons. The fraction of sp³-hybridized carbons (Fsp3) is 0.929. The zero-order valence-electron chi connectivity index (χ0n) is 41.5. The number of hydrogen-bond donors (Lipinski definition) is 17. The molecule has 5 heterocycles. The molecule has 5 fully saturated rings. The Balaban J connectivity index is 1.58. The van der Waals surface area contributed by atoms with E-state index in [2.05, 4.69) is 10.6 Å². The summed E-state index contributed by atoms with van der Waals surface area (Å²) in [5.74, 6) is -7.33. The Hall–Kier alpha value is -2.54. The Morgan fingerprint density at radius 3 is 1.67 bits per heavy atom. The minimum atomic E-state index is -5.47. The van der Waals surface area contributed by atoms with Gasteiger partial charge in [-0.2, -0.15) is 13.2 Å². The zero-order valence-corrected chi connectivity index (χ0v) is 42.5. The van der Waals surface area contributed by atoms with Crippen LogP contribution in [0, 0.1) is 0 Å². The summed E-state index contributed by atoms with van der Waals surface area (Å²) < 4.78 is 100. The lowest BCUT2D eigenvalue weighted by molar-refractivity contribution is -0.403. The highest BCUT2D eigenvalue weighted by atomic mass is 28.3. The molecule has 30 nitrogen and oxygen atoms in total.